The first-order chi connectivity index (χ1) is 18.8. The second kappa shape index (κ2) is 12.6. The third-order valence-electron chi connectivity index (χ3n) is 6.55. The van der Waals surface area contributed by atoms with Crippen LogP contribution in [-0.4, -0.2) is 36.6 Å². The third kappa shape index (κ3) is 6.86. The molecule has 4 rings (SSSR count). The van der Waals surface area contributed by atoms with Crippen LogP contribution in [0.25, 0.3) is 12.2 Å². The van der Waals surface area contributed by atoms with Gasteiger partial charge in [-0.05, 0) is 68.3 Å². The zero-order chi connectivity index (χ0) is 27.8. The number of carbonyl (C=O) groups excluding carboxylic acids is 1. The van der Waals surface area contributed by atoms with Gasteiger partial charge in [0.2, 0.25) is 11.8 Å². The number of methoxy groups -OCH3 is 2. The summed E-state index contributed by atoms with van der Waals surface area (Å²) in [5.74, 6) is 0.905. The second-order valence-electron chi connectivity index (χ2n) is 9.17. The van der Waals surface area contributed by atoms with Gasteiger partial charge in [0.25, 0.3) is 0 Å². The van der Waals surface area contributed by atoms with Crippen molar-refractivity contribution in [1.29, 1.82) is 0 Å². The molecule has 0 atom stereocenters. The van der Waals surface area contributed by atoms with Crippen LogP contribution in [0.2, 0.25) is 5.02 Å². The number of aromatic nitrogens is 2. The minimum Gasteiger partial charge on any atom is -0.504 e. The van der Waals surface area contributed by atoms with Crippen molar-refractivity contribution in [2.24, 2.45) is 5.41 Å². The van der Waals surface area contributed by atoms with Crippen LogP contribution in [0.5, 0.6) is 11.6 Å². The van der Waals surface area contributed by atoms with Crippen LogP contribution in [0, 0.1) is 11.2 Å². The molecule has 2 N–H and O–H groups in total. The molecule has 1 fully saturated rings. The zero-order valence-corrected chi connectivity index (χ0v) is 22.7. The van der Waals surface area contributed by atoms with E-state index in [4.69, 9.17) is 25.8 Å². The lowest BCUT2D eigenvalue weighted by Crippen LogP contribution is -2.47. The quantitative estimate of drug-likeness (QED) is 0.250. The Morgan fingerprint density at radius 2 is 1.92 bits per heavy atom. The number of nitrogens with one attached hydrogen (secondary N) is 2. The molecule has 1 saturated carbocycles. The van der Waals surface area contributed by atoms with Gasteiger partial charge in [-0.1, -0.05) is 18.0 Å². The van der Waals surface area contributed by atoms with E-state index < -0.39 is 5.41 Å². The van der Waals surface area contributed by atoms with E-state index in [1.807, 2.05) is 6.92 Å². The fourth-order valence-corrected chi connectivity index (χ4v) is 4.29. The molecular weight excluding hydrogens is 523 g/mol. The molecule has 1 amide bonds. The minimum absolute atomic E-state index is 0.102. The van der Waals surface area contributed by atoms with E-state index >= 15 is 0 Å². The lowest BCUT2D eigenvalue weighted by atomic mass is 9.68. The van der Waals surface area contributed by atoms with Gasteiger partial charge in [-0.2, -0.15) is 0 Å². The Bertz CT molecular complexity index is 1370. The average Bonchev–Trinajstić information content (AvgIpc) is 2.90. The van der Waals surface area contributed by atoms with Crippen LogP contribution in [0.3, 0.4) is 0 Å². The Hall–Kier alpha value is -4.11. The van der Waals surface area contributed by atoms with Crippen LogP contribution < -0.4 is 15.4 Å². The molecule has 2 heterocycles. The summed E-state index contributed by atoms with van der Waals surface area (Å²) in [4.78, 5) is 21.8. The number of benzene rings is 1. The lowest BCUT2D eigenvalue weighted by Gasteiger charge is -2.40. The summed E-state index contributed by atoms with van der Waals surface area (Å²) in [6, 6.07) is 9.15. The second-order valence-corrected chi connectivity index (χ2v) is 9.57. The van der Waals surface area contributed by atoms with Gasteiger partial charge < -0.3 is 24.8 Å². The molecular formula is C29H30ClFN4O4. The maximum absolute atomic E-state index is 13.2. The molecule has 0 aliphatic heterocycles. The summed E-state index contributed by atoms with van der Waals surface area (Å²) in [6.07, 6.45) is 10.7. The summed E-state index contributed by atoms with van der Waals surface area (Å²) in [5, 5.41) is 6.48. The number of nitrogens with zero attached hydrogens (tertiary/aromatic N) is 2. The number of amides is 1. The van der Waals surface area contributed by atoms with Crippen molar-refractivity contribution in [1.82, 2.24) is 9.97 Å². The van der Waals surface area contributed by atoms with E-state index in [9.17, 15) is 9.18 Å². The minimum atomic E-state index is -0.570. The van der Waals surface area contributed by atoms with Gasteiger partial charge in [0.05, 0.1) is 49.2 Å². The highest BCUT2D eigenvalue weighted by Crippen LogP contribution is 2.42. The van der Waals surface area contributed by atoms with Crippen molar-refractivity contribution in [3.63, 3.8) is 0 Å². The molecule has 2 aromatic heterocycles. The zero-order valence-electron chi connectivity index (χ0n) is 22.0. The van der Waals surface area contributed by atoms with Gasteiger partial charge >= 0.3 is 0 Å². The molecule has 0 saturated heterocycles. The number of halogens is 2. The van der Waals surface area contributed by atoms with Crippen molar-refractivity contribution in [3.05, 3.63) is 82.9 Å². The fraction of sp³-hybridized carbons (Fsp3) is 0.276. The van der Waals surface area contributed by atoms with Crippen molar-refractivity contribution in [3.8, 4) is 11.6 Å². The molecule has 0 bridgehead atoms. The van der Waals surface area contributed by atoms with Crippen molar-refractivity contribution >= 4 is 41.0 Å². The number of hydrogen-bond donors (Lipinski definition) is 2. The van der Waals surface area contributed by atoms with E-state index in [1.54, 1.807) is 63.0 Å². The molecule has 39 heavy (non-hydrogen) atoms. The van der Waals surface area contributed by atoms with Crippen LogP contribution in [0.15, 0.2) is 60.8 Å². The maximum atomic E-state index is 13.2. The maximum Gasteiger partial charge on any atom is 0.238 e. The Balaban J connectivity index is 1.47. The van der Waals surface area contributed by atoms with Gasteiger partial charge in [0, 0.05) is 24.0 Å². The van der Waals surface area contributed by atoms with Gasteiger partial charge in [0.15, 0.2) is 0 Å². The normalized spacial score (nSPS) is 14.4. The lowest BCUT2D eigenvalue weighted by molar-refractivity contribution is -0.129. The fourth-order valence-electron chi connectivity index (χ4n) is 4.09. The number of carbonyl (C=O) groups is 1. The van der Waals surface area contributed by atoms with E-state index in [2.05, 4.69) is 20.6 Å². The molecule has 8 nitrogen and oxygen atoms in total. The number of pyridine rings is 2. The molecule has 1 aliphatic rings. The van der Waals surface area contributed by atoms with Gasteiger partial charge in [-0.15, -0.1) is 0 Å². The molecule has 0 spiro atoms. The Labute approximate surface area is 231 Å². The first-order valence-electron chi connectivity index (χ1n) is 12.4. The van der Waals surface area contributed by atoms with E-state index in [0.29, 0.717) is 45.7 Å². The first-order valence-corrected chi connectivity index (χ1v) is 12.8. The highest BCUT2D eigenvalue weighted by molar-refractivity contribution is 6.32. The van der Waals surface area contributed by atoms with E-state index in [1.165, 1.54) is 18.4 Å². The summed E-state index contributed by atoms with van der Waals surface area (Å²) in [7, 11) is 3.13. The summed E-state index contributed by atoms with van der Waals surface area (Å²) < 4.78 is 29.6. The standard InChI is InChI=1S/C29H30ClFN4O4/c1-19(38-3)15-23-25(10-14-37-2)32-13-9-26(23)39-27-24(30)16-22(17-33-27)34-18-29(11-4-12-29)28(36)35-21-7-5-20(31)6-8-21/h5-10,13-17,34H,4,11-12,18H2,1-3H3,(H,35,36)/b14-10+,19-15+. The van der Waals surface area contributed by atoms with Gasteiger partial charge in [-0.25, -0.2) is 9.37 Å². The van der Waals surface area contributed by atoms with Crippen LogP contribution in [0.4, 0.5) is 15.8 Å². The molecule has 1 aromatic carbocycles. The Kier molecular flexibility index (Phi) is 9.03. The Morgan fingerprint density at radius 3 is 2.56 bits per heavy atom. The predicted molar refractivity (Wildman–Crippen MR) is 150 cm³/mol. The van der Waals surface area contributed by atoms with Crippen LogP contribution in [0.1, 0.15) is 37.4 Å². The number of ether oxygens (including phenoxy) is 3. The smallest absolute Gasteiger partial charge is 0.238 e. The molecule has 10 heteroatoms. The SMILES string of the molecule is CO/C=C/c1nccc(Oc2ncc(NCC3(C(=O)Nc4ccc(F)cc4)CCC3)cc2Cl)c1/C=C(\C)OC. The molecule has 1 aliphatic carbocycles. The Morgan fingerprint density at radius 1 is 1.15 bits per heavy atom. The van der Waals surface area contributed by atoms with Crippen LogP contribution >= 0.6 is 11.6 Å². The predicted octanol–water partition coefficient (Wildman–Crippen LogP) is 6.91. The molecule has 0 unspecified atom stereocenters. The van der Waals surface area contributed by atoms with Crippen molar-refractivity contribution in [2.45, 2.75) is 26.2 Å². The van der Waals surface area contributed by atoms with E-state index in [0.717, 1.165) is 19.3 Å². The number of anilines is 2. The number of hydrogen-bond acceptors (Lipinski definition) is 7. The summed E-state index contributed by atoms with van der Waals surface area (Å²) in [5.41, 5.74) is 1.93. The van der Waals surface area contributed by atoms with Crippen molar-refractivity contribution in [2.75, 3.05) is 31.4 Å². The summed E-state index contributed by atoms with van der Waals surface area (Å²) in [6.45, 7) is 2.23. The largest absolute Gasteiger partial charge is 0.504 e. The van der Waals surface area contributed by atoms with E-state index in [-0.39, 0.29) is 17.6 Å². The summed E-state index contributed by atoms with van der Waals surface area (Å²) >= 11 is 6.54. The highest BCUT2D eigenvalue weighted by atomic mass is 35.5. The van der Waals surface area contributed by atoms with Crippen molar-refractivity contribution < 1.29 is 23.4 Å². The number of rotatable bonds is 11. The first kappa shape index (κ1) is 27.9. The van der Waals surface area contributed by atoms with Gasteiger partial charge in [0.1, 0.15) is 16.6 Å². The highest BCUT2D eigenvalue weighted by Gasteiger charge is 2.44. The number of allylic oxidation sites excluding steroid dienone is 1. The third-order valence-corrected chi connectivity index (χ3v) is 6.82. The molecule has 0 radical (unpaired) electrons. The average molecular weight is 553 g/mol. The van der Waals surface area contributed by atoms with Crippen LogP contribution in [-0.2, 0) is 14.3 Å². The van der Waals surface area contributed by atoms with Gasteiger partial charge in [-0.3, -0.25) is 9.78 Å². The monoisotopic (exact) mass is 552 g/mol. The topological polar surface area (TPSA) is 94.6 Å². The molecule has 3 aromatic rings. The molecule has 204 valence electrons.